The molecular weight excluding hydrogens is 575 g/mol. The standard InChI is InChI=1S/C29H28ClFN2O5S2/c1-2-36-28(35)38-22-15-29(19-12-13-39-17-19,24-8-5-9-25(32-24)37-16-18-6-3-4-7-18)33-27(34)26(22)40-23-11-10-20(31)14-21(23)30/h5,8-14,17-18H,2-4,6-7,15-16H2,1H3,(H,33,34). The Morgan fingerprint density at radius 2 is 2.08 bits per heavy atom. The molecule has 2 aliphatic rings. The number of amides is 1. The van der Waals surface area contributed by atoms with E-state index in [1.54, 1.807) is 13.0 Å². The van der Waals surface area contributed by atoms with Crippen molar-refractivity contribution in [2.45, 2.75) is 49.5 Å². The molecule has 2 aromatic heterocycles. The lowest BCUT2D eigenvalue weighted by Crippen LogP contribution is -2.51. The van der Waals surface area contributed by atoms with Crippen LogP contribution in [0.25, 0.3) is 0 Å². The number of nitrogens with zero attached hydrogens (tertiary/aromatic N) is 1. The van der Waals surface area contributed by atoms with E-state index in [1.807, 2.05) is 29.0 Å². The maximum atomic E-state index is 13.8. The molecule has 0 spiro atoms. The number of aromatic nitrogens is 1. The van der Waals surface area contributed by atoms with Crippen LogP contribution >= 0.6 is 34.7 Å². The second kappa shape index (κ2) is 12.6. The van der Waals surface area contributed by atoms with Gasteiger partial charge in [0.15, 0.2) is 0 Å². The molecule has 0 radical (unpaired) electrons. The van der Waals surface area contributed by atoms with E-state index in [2.05, 4.69) is 5.32 Å². The number of thioether (sulfide) groups is 1. The first-order valence-electron chi connectivity index (χ1n) is 13.0. The van der Waals surface area contributed by atoms with Gasteiger partial charge in [0.2, 0.25) is 5.88 Å². The minimum Gasteiger partial charge on any atom is -0.477 e. The van der Waals surface area contributed by atoms with E-state index in [1.165, 1.54) is 36.3 Å². The van der Waals surface area contributed by atoms with Crippen LogP contribution in [0.5, 0.6) is 5.88 Å². The fourth-order valence-electron chi connectivity index (χ4n) is 4.94. The van der Waals surface area contributed by atoms with Crippen molar-refractivity contribution in [3.05, 3.63) is 86.0 Å². The Kier molecular flexibility index (Phi) is 8.97. The van der Waals surface area contributed by atoms with Crippen molar-refractivity contribution in [2.24, 2.45) is 5.92 Å². The smallest absolute Gasteiger partial charge is 0.477 e. The van der Waals surface area contributed by atoms with Crippen molar-refractivity contribution in [1.29, 1.82) is 0 Å². The van der Waals surface area contributed by atoms with E-state index < -0.39 is 23.4 Å². The predicted molar refractivity (Wildman–Crippen MR) is 152 cm³/mol. The van der Waals surface area contributed by atoms with Crippen molar-refractivity contribution in [2.75, 3.05) is 13.2 Å². The van der Waals surface area contributed by atoms with Crippen LogP contribution in [-0.4, -0.2) is 30.3 Å². The quantitative estimate of drug-likeness (QED) is 0.255. The average molecular weight is 603 g/mol. The van der Waals surface area contributed by atoms with Crippen molar-refractivity contribution >= 4 is 46.8 Å². The monoisotopic (exact) mass is 602 g/mol. The number of hydrogen-bond donors (Lipinski definition) is 1. The molecule has 11 heteroatoms. The van der Waals surface area contributed by atoms with Gasteiger partial charge in [0, 0.05) is 17.4 Å². The number of ether oxygens (including phenoxy) is 3. The average Bonchev–Trinajstić information content (AvgIpc) is 3.66. The van der Waals surface area contributed by atoms with Crippen LogP contribution in [0.4, 0.5) is 9.18 Å². The third-order valence-electron chi connectivity index (χ3n) is 6.90. The number of carbonyl (C=O) groups is 2. The number of benzene rings is 1. The van der Waals surface area contributed by atoms with Crippen LogP contribution in [-0.2, 0) is 19.8 Å². The second-order valence-electron chi connectivity index (χ2n) is 9.58. The zero-order valence-electron chi connectivity index (χ0n) is 21.8. The van der Waals surface area contributed by atoms with Gasteiger partial charge in [-0.2, -0.15) is 11.3 Å². The Morgan fingerprint density at radius 1 is 1.25 bits per heavy atom. The van der Waals surface area contributed by atoms with Gasteiger partial charge in [0.25, 0.3) is 5.91 Å². The molecular formula is C29H28ClFN2O5S2. The number of hydrogen-bond acceptors (Lipinski definition) is 8. The third-order valence-corrected chi connectivity index (χ3v) is 9.20. The summed E-state index contributed by atoms with van der Waals surface area (Å²) in [5, 5.41) is 7.09. The number of rotatable bonds is 9. The first kappa shape index (κ1) is 28.4. The van der Waals surface area contributed by atoms with Crippen molar-refractivity contribution < 1.29 is 28.2 Å². The summed E-state index contributed by atoms with van der Waals surface area (Å²) in [5.74, 6) is 0.0653. The molecule has 1 amide bonds. The summed E-state index contributed by atoms with van der Waals surface area (Å²) >= 11 is 8.72. The predicted octanol–water partition coefficient (Wildman–Crippen LogP) is 7.45. The van der Waals surface area contributed by atoms with E-state index in [9.17, 15) is 14.0 Å². The van der Waals surface area contributed by atoms with Gasteiger partial charge in [-0.3, -0.25) is 4.79 Å². The molecule has 7 nitrogen and oxygen atoms in total. The molecule has 0 saturated heterocycles. The molecule has 5 rings (SSSR count). The van der Waals surface area contributed by atoms with E-state index in [4.69, 9.17) is 30.8 Å². The highest BCUT2D eigenvalue weighted by atomic mass is 35.5. The summed E-state index contributed by atoms with van der Waals surface area (Å²) in [6, 6.07) is 11.2. The molecule has 40 heavy (non-hydrogen) atoms. The summed E-state index contributed by atoms with van der Waals surface area (Å²) in [5.41, 5.74) is 0.166. The molecule has 1 saturated carbocycles. The Bertz CT molecular complexity index is 1410. The molecule has 1 N–H and O–H groups in total. The van der Waals surface area contributed by atoms with Gasteiger partial charge in [0.1, 0.15) is 22.0 Å². The summed E-state index contributed by atoms with van der Waals surface area (Å²) in [6.45, 7) is 2.35. The fourth-order valence-corrected chi connectivity index (χ4v) is 6.84. The van der Waals surface area contributed by atoms with Gasteiger partial charge in [-0.1, -0.05) is 42.3 Å². The van der Waals surface area contributed by atoms with Crippen molar-refractivity contribution in [1.82, 2.24) is 10.3 Å². The maximum absolute atomic E-state index is 13.8. The van der Waals surface area contributed by atoms with Gasteiger partial charge in [-0.15, -0.1) is 0 Å². The highest BCUT2D eigenvalue weighted by molar-refractivity contribution is 8.04. The third kappa shape index (κ3) is 6.29. The maximum Gasteiger partial charge on any atom is 0.513 e. The van der Waals surface area contributed by atoms with Crippen molar-refractivity contribution in [3.63, 3.8) is 0 Å². The largest absolute Gasteiger partial charge is 0.513 e. The minimum absolute atomic E-state index is 0.0640. The molecule has 0 bridgehead atoms. The topological polar surface area (TPSA) is 86.8 Å². The van der Waals surface area contributed by atoms with Crippen molar-refractivity contribution in [3.8, 4) is 5.88 Å². The summed E-state index contributed by atoms with van der Waals surface area (Å²) in [6.07, 6.45) is 3.85. The van der Waals surface area contributed by atoms with E-state index in [0.29, 0.717) is 29.0 Å². The second-order valence-corrected chi connectivity index (χ2v) is 11.8. The van der Waals surface area contributed by atoms with Crippen LogP contribution in [0, 0.1) is 11.7 Å². The molecule has 1 unspecified atom stereocenters. The van der Waals surface area contributed by atoms with Gasteiger partial charge < -0.3 is 19.5 Å². The Morgan fingerprint density at radius 3 is 2.80 bits per heavy atom. The van der Waals surface area contributed by atoms with E-state index >= 15 is 0 Å². The molecule has 3 heterocycles. The lowest BCUT2D eigenvalue weighted by molar-refractivity contribution is -0.119. The summed E-state index contributed by atoms with van der Waals surface area (Å²) in [4.78, 5) is 31.6. The van der Waals surface area contributed by atoms with Gasteiger partial charge in [-0.25, -0.2) is 14.2 Å². The zero-order valence-corrected chi connectivity index (χ0v) is 24.2. The lowest BCUT2D eigenvalue weighted by Gasteiger charge is -2.38. The highest BCUT2D eigenvalue weighted by Crippen LogP contribution is 2.45. The number of thiophene rings is 1. The highest BCUT2D eigenvalue weighted by Gasteiger charge is 2.46. The molecule has 1 aromatic carbocycles. The molecule has 210 valence electrons. The van der Waals surface area contributed by atoms with E-state index in [-0.39, 0.29) is 28.7 Å². The zero-order chi connectivity index (χ0) is 28.1. The Labute approximate surface area is 245 Å². The molecule has 1 aliphatic heterocycles. The number of halogens is 2. The minimum atomic E-state index is -1.15. The first-order chi connectivity index (χ1) is 19.4. The van der Waals surface area contributed by atoms with Gasteiger partial charge in [-0.05, 0) is 72.3 Å². The SMILES string of the molecule is CCOC(=O)OC1=C(Sc2ccc(F)cc2Cl)C(=O)NC(c2ccsc2)(c2cccc(OCC3CCCC3)n2)C1. The fraction of sp³-hybridized carbons (Fsp3) is 0.345. The first-order valence-corrected chi connectivity index (χ1v) is 15.2. The number of pyridine rings is 1. The van der Waals surface area contributed by atoms with Crippen LogP contribution in [0.2, 0.25) is 5.02 Å². The van der Waals surface area contributed by atoms with E-state index in [0.717, 1.165) is 36.2 Å². The van der Waals surface area contributed by atoms with Gasteiger partial charge >= 0.3 is 6.16 Å². The van der Waals surface area contributed by atoms with Crippen LogP contribution in [0.15, 0.2) is 68.8 Å². The Balaban J connectivity index is 1.54. The molecule has 1 fully saturated rings. The molecule has 1 atom stereocenters. The summed E-state index contributed by atoms with van der Waals surface area (Å²) < 4.78 is 30.4. The number of carbonyl (C=O) groups excluding carboxylic acids is 2. The summed E-state index contributed by atoms with van der Waals surface area (Å²) in [7, 11) is 0. The molecule has 1 aliphatic carbocycles. The Hall–Kier alpha value is -3.08. The van der Waals surface area contributed by atoms with Gasteiger partial charge in [0.05, 0.1) is 23.9 Å². The van der Waals surface area contributed by atoms with Crippen LogP contribution < -0.4 is 10.1 Å². The normalized spacial score (nSPS) is 19.4. The van der Waals surface area contributed by atoms with Crippen LogP contribution in [0.1, 0.15) is 50.3 Å². The lowest BCUT2D eigenvalue weighted by atomic mass is 9.81. The number of nitrogens with one attached hydrogen (secondary N) is 1. The molecule has 3 aromatic rings. The van der Waals surface area contributed by atoms with Crippen LogP contribution in [0.3, 0.4) is 0 Å².